The topological polar surface area (TPSA) is 63.6 Å². The molecule has 0 amide bonds. The van der Waals surface area contributed by atoms with E-state index in [-0.39, 0.29) is 10.6 Å². The van der Waals surface area contributed by atoms with Crippen LogP contribution in [-0.2, 0) is 4.74 Å². The Morgan fingerprint density at radius 1 is 1.08 bits per heavy atom. The minimum absolute atomic E-state index is 0.329. The largest absolute Gasteiger partial charge is 0.499 e. The third-order valence-electron chi connectivity index (χ3n) is 3.46. The molecule has 0 aliphatic carbocycles. The Bertz CT molecular complexity index is 1010. The van der Waals surface area contributed by atoms with Crippen LogP contribution in [-0.4, -0.2) is 18.2 Å². The van der Waals surface area contributed by atoms with E-state index in [0.29, 0.717) is 20.1 Å². The number of ether oxygens (including phenoxy) is 1. The molecule has 0 bridgehead atoms. The Morgan fingerprint density at radius 3 is 2.38 bits per heavy atom. The van der Waals surface area contributed by atoms with Gasteiger partial charge < -0.3 is 9.84 Å². The molecule has 1 aromatic heterocycles. The van der Waals surface area contributed by atoms with Crippen molar-refractivity contribution in [3.63, 3.8) is 0 Å². The number of fused-ring (bicyclic) bond motifs is 1. The summed E-state index contributed by atoms with van der Waals surface area (Å²) >= 11 is 13.0. The highest BCUT2D eigenvalue weighted by molar-refractivity contribution is 7.20. The van der Waals surface area contributed by atoms with E-state index >= 15 is 0 Å². The Morgan fingerprint density at radius 2 is 1.75 bits per heavy atom. The quantitative estimate of drug-likeness (QED) is 0.652. The fraction of sp³-hybridized carbons (Fsp3) is 0.0588. The molecule has 7 heteroatoms. The molecule has 24 heavy (non-hydrogen) atoms. The lowest BCUT2D eigenvalue weighted by molar-refractivity contribution is 0.0597. The lowest BCUT2D eigenvalue weighted by atomic mass is 10.0. The molecule has 0 unspecified atom stereocenters. The van der Waals surface area contributed by atoms with Gasteiger partial charge in [0.2, 0.25) is 5.43 Å². The molecule has 0 radical (unpaired) electrons. The Hall–Kier alpha value is -2.08. The molecule has 0 saturated heterocycles. The van der Waals surface area contributed by atoms with Crippen LogP contribution in [0.4, 0.5) is 0 Å². The van der Waals surface area contributed by atoms with Gasteiger partial charge in [-0.2, -0.15) is 0 Å². The molecule has 0 spiro atoms. The second-order valence-electron chi connectivity index (χ2n) is 4.97. The zero-order valence-electron chi connectivity index (χ0n) is 12.3. The molecule has 1 N–H and O–H groups in total. The van der Waals surface area contributed by atoms with Gasteiger partial charge in [0.15, 0.2) is 10.6 Å². The molecule has 0 aliphatic rings. The number of rotatable bonds is 2. The van der Waals surface area contributed by atoms with Gasteiger partial charge in [0.05, 0.1) is 7.11 Å². The van der Waals surface area contributed by atoms with Crippen LogP contribution in [0.15, 0.2) is 41.2 Å². The van der Waals surface area contributed by atoms with Gasteiger partial charge in [-0.3, -0.25) is 4.79 Å². The van der Waals surface area contributed by atoms with Crippen molar-refractivity contribution in [1.82, 2.24) is 0 Å². The van der Waals surface area contributed by atoms with E-state index in [0.717, 1.165) is 29.6 Å². The molecule has 1 heterocycles. The first-order chi connectivity index (χ1) is 11.4. The number of esters is 1. The average molecular weight is 381 g/mol. The zero-order valence-corrected chi connectivity index (χ0v) is 14.6. The SMILES string of the molecule is COC(=O)c1c(O)sc2cc(-c3cc(Cl)cc(Cl)c3)ccc2c1=O. The predicted molar refractivity (Wildman–Crippen MR) is 96.6 cm³/mol. The summed E-state index contributed by atoms with van der Waals surface area (Å²) in [5.74, 6) is -0.860. The van der Waals surface area contributed by atoms with Crippen LogP contribution >= 0.6 is 34.5 Å². The van der Waals surface area contributed by atoms with Gasteiger partial charge in [-0.25, -0.2) is 4.79 Å². The van der Waals surface area contributed by atoms with E-state index in [9.17, 15) is 14.7 Å². The summed E-state index contributed by atoms with van der Waals surface area (Å²) in [5.41, 5.74) is 0.649. The summed E-state index contributed by atoms with van der Waals surface area (Å²) in [6.45, 7) is 0. The smallest absolute Gasteiger partial charge is 0.346 e. The molecule has 3 rings (SSSR count). The fourth-order valence-electron chi connectivity index (χ4n) is 2.36. The average Bonchev–Trinajstić information content (AvgIpc) is 2.53. The number of aromatic hydroxyl groups is 1. The minimum atomic E-state index is -0.860. The lowest BCUT2D eigenvalue weighted by Crippen LogP contribution is -2.15. The highest BCUT2D eigenvalue weighted by Crippen LogP contribution is 2.33. The number of carbonyl (C=O) groups excluding carboxylic acids is 1. The van der Waals surface area contributed by atoms with Gasteiger partial charge >= 0.3 is 5.97 Å². The maximum absolute atomic E-state index is 12.4. The monoisotopic (exact) mass is 380 g/mol. The second kappa shape index (κ2) is 6.43. The van der Waals surface area contributed by atoms with Crippen LogP contribution in [0, 0.1) is 0 Å². The summed E-state index contributed by atoms with van der Waals surface area (Å²) < 4.78 is 5.09. The number of benzene rings is 2. The van der Waals surface area contributed by atoms with Crippen molar-refractivity contribution >= 4 is 50.6 Å². The first-order valence-electron chi connectivity index (χ1n) is 6.75. The minimum Gasteiger partial charge on any atom is -0.499 e. The van der Waals surface area contributed by atoms with Crippen LogP contribution in [0.25, 0.3) is 21.2 Å². The number of hydrogen-bond donors (Lipinski definition) is 1. The lowest BCUT2D eigenvalue weighted by Gasteiger charge is -2.07. The zero-order chi connectivity index (χ0) is 17.4. The van der Waals surface area contributed by atoms with E-state index in [1.807, 2.05) is 0 Å². The van der Waals surface area contributed by atoms with Gasteiger partial charge in [-0.05, 0) is 41.5 Å². The Labute approximate surface area is 150 Å². The van der Waals surface area contributed by atoms with Crippen LogP contribution in [0.3, 0.4) is 0 Å². The first kappa shape index (κ1) is 16.8. The van der Waals surface area contributed by atoms with Gasteiger partial charge in [-0.15, -0.1) is 0 Å². The van der Waals surface area contributed by atoms with Crippen molar-refractivity contribution in [2.24, 2.45) is 0 Å². The van der Waals surface area contributed by atoms with Gasteiger partial charge in [0.1, 0.15) is 0 Å². The van der Waals surface area contributed by atoms with Crippen molar-refractivity contribution in [2.75, 3.05) is 7.11 Å². The highest BCUT2D eigenvalue weighted by atomic mass is 35.5. The van der Waals surface area contributed by atoms with Crippen LogP contribution in [0.1, 0.15) is 10.4 Å². The molecule has 0 saturated carbocycles. The third-order valence-corrected chi connectivity index (χ3v) is 4.85. The maximum Gasteiger partial charge on any atom is 0.346 e. The van der Waals surface area contributed by atoms with Crippen molar-refractivity contribution in [3.8, 4) is 16.2 Å². The van der Waals surface area contributed by atoms with E-state index in [1.165, 1.54) is 0 Å². The van der Waals surface area contributed by atoms with Crippen LogP contribution in [0.5, 0.6) is 5.06 Å². The number of halogens is 2. The van der Waals surface area contributed by atoms with E-state index < -0.39 is 11.4 Å². The second-order valence-corrected chi connectivity index (χ2v) is 6.88. The predicted octanol–water partition coefficient (Wildman–Crippen LogP) is 4.73. The molecule has 0 aliphatic heterocycles. The number of carbonyl (C=O) groups is 1. The molecule has 2 aromatic carbocycles. The van der Waals surface area contributed by atoms with Crippen molar-refractivity contribution in [2.45, 2.75) is 0 Å². The number of methoxy groups -OCH3 is 1. The van der Waals surface area contributed by atoms with Gasteiger partial charge in [-0.1, -0.05) is 40.6 Å². The highest BCUT2D eigenvalue weighted by Gasteiger charge is 2.20. The van der Waals surface area contributed by atoms with E-state index in [4.69, 9.17) is 23.2 Å². The first-order valence-corrected chi connectivity index (χ1v) is 8.32. The Kier molecular flexibility index (Phi) is 4.49. The summed E-state index contributed by atoms with van der Waals surface area (Å²) in [5, 5.41) is 11.0. The molecule has 3 aromatic rings. The van der Waals surface area contributed by atoms with Crippen LogP contribution in [0.2, 0.25) is 10.0 Å². The van der Waals surface area contributed by atoms with E-state index in [2.05, 4.69) is 4.74 Å². The molecule has 122 valence electrons. The summed E-state index contributed by atoms with van der Waals surface area (Å²) in [6, 6.07) is 10.2. The molecular weight excluding hydrogens is 371 g/mol. The molecule has 0 atom stereocenters. The van der Waals surface area contributed by atoms with Gasteiger partial charge in [0, 0.05) is 20.1 Å². The third kappa shape index (κ3) is 2.98. The molecule has 4 nitrogen and oxygen atoms in total. The maximum atomic E-state index is 12.4. The van der Waals surface area contributed by atoms with Gasteiger partial charge in [0.25, 0.3) is 0 Å². The van der Waals surface area contributed by atoms with E-state index in [1.54, 1.807) is 36.4 Å². The standard InChI is InChI=1S/C17H10Cl2O4S/c1-23-16(21)14-15(20)12-3-2-8(6-13(12)24-17(14)22)9-4-10(18)7-11(19)5-9/h2-7,22H,1H3. The summed E-state index contributed by atoms with van der Waals surface area (Å²) in [7, 11) is 1.15. The summed E-state index contributed by atoms with van der Waals surface area (Å²) in [6.07, 6.45) is 0. The van der Waals surface area contributed by atoms with Crippen molar-refractivity contribution in [1.29, 1.82) is 0 Å². The fourth-order valence-corrected chi connectivity index (χ4v) is 3.83. The van der Waals surface area contributed by atoms with Crippen LogP contribution < -0.4 is 5.43 Å². The van der Waals surface area contributed by atoms with Crippen molar-refractivity contribution < 1.29 is 14.6 Å². The molecule has 0 fully saturated rings. The Balaban J connectivity index is 2.23. The van der Waals surface area contributed by atoms with Crippen molar-refractivity contribution in [3.05, 3.63) is 62.2 Å². The number of hydrogen-bond acceptors (Lipinski definition) is 5. The summed E-state index contributed by atoms with van der Waals surface area (Å²) in [4.78, 5) is 24.1. The normalized spacial score (nSPS) is 10.8. The molecular formula is C17H10Cl2O4S.